The average Bonchev–Trinajstić information content (AvgIpc) is 2.76. The molecule has 0 aliphatic heterocycles. The van der Waals surface area contributed by atoms with Gasteiger partial charge >= 0.3 is 0 Å². The molecule has 0 heterocycles. The summed E-state index contributed by atoms with van der Waals surface area (Å²) in [7, 11) is 1.66. The van der Waals surface area contributed by atoms with Gasteiger partial charge in [-0.05, 0) is 30.9 Å². The molecule has 0 saturated heterocycles. The molecule has 0 bridgehead atoms. The van der Waals surface area contributed by atoms with Crippen LogP contribution in [0.1, 0.15) is 43.7 Å². The van der Waals surface area contributed by atoms with E-state index in [-0.39, 0.29) is 5.54 Å². The molecule has 0 spiro atoms. The number of rotatable bonds is 3. The zero-order chi connectivity index (χ0) is 12.5. The van der Waals surface area contributed by atoms with Crippen molar-refractivity contribution in [3.63, 3.8) is 0 Å². The lowest BCUT2D eigenvalue weighted by atomic mass is 9.87. The Morgan fingerprint density at radius 2 is 2.00 bits per heavy atom. The Bertz CT molecular complexity index is 411. The van der Waals surface area contributed by atoms with Gasteiger partial charge in [-0.1, -0.05) is 37.4 Å². The molecular weight excluding hydrogens is 234 g/mol. The van der Waals surface area contributed by atoms with Gasteiger partial charge in [-0.25, -0.2) is 0 Å². The lowest BCUT2D eigenvalue weighted by Crippen LogP contribution is -2.33. The van der Waals surface area contributed by atoms with E-state index in [1.807, 2.05) is 6.07 Å². The molecule has 0 radical (unpaired) electrons. The summed E-state index contributed by atoms with van der Waals surface area (Å²) in [5, 5.41) is 0.679. The summed E-state index contributed by atoms with van der Waals surface area (Å²) < 4.78 is 5.44. The van der Waals surface area contributed by atoms with Crippen LogP contribution in [0.2, 0.25) is 5.02 Å². The van der Waals surface area contributed by atoms with Crippen LogP contribution >= 0.6 is 11.6 Å². The first-order chi connectivity index (χ1) is 8.10. The lowest BCUT2D eigenvalue weighted by Gasteiger charge is -2.27. The quantitative estimate of drug-likeness (QED) is 0.893. The summed E-state index contributed by atoms with van der Waals surface area (Å²) in [5.74, 6) is 0.758. The fraction of sp³-hybridized carbons (Fsp3) is 0.571. The van der Waals surface area contributed by atoms with Gasteiger partial charge in [0.25, 0.3) is 0 Å². The van der Waals surface area contributed by atoms with E-state index in [0.717, 1.165) is 30.6 Å². The molecule has 3 heteroatoms. The number of nitrogens with two attached hydrogens (primary N) is 1. The molecule has 0 unspecified atom stereocenters. The van der Waals surface area contributed by atoms with Crippen LogP contribution in [0.5, 0.6) is 5.75 Å². The highest BCUT2D eigenvalue weighted by atomic mass is 35.5. The third-order valence-corrected chi connectivity index (χ3v) is 4.03. The zero-order valence-electron chi connectivity index (χ0n) is 10.6. The number of methoxy groups -OCH3 is 1. The van der Waals surface area contributed by atoms with Crippen LogP contribution in [-0.4, -0.2) is 7.11 Å². The van der Waals surface area contributed by atoms with Gasteiger partial charge in [0.2, 0.25) is 0 Å². The summed E-state index contributed by atoms with van der Waals surface area (Å²) in [6.07, 6.45) is 5.38. The van der Waals surface area contributed by atoms with Crippen molar-refractivity contribution in [2.75, 3.05) is 7.11 Å². The molecule has 2 rings (SSSR count). The van der Waals surface area contributed by atoms with Crippen molar-refractivity contribution >= 4 is 11.6 Å². The van der Waals surface area contributed by atoms with E-state index < -0.39 is 0 Å². The van der Waals surface area contributed by atoms with Gasteiger partial charge in [0.15, 0.2) is 0 Å². The van der Waals surface area contributed by atoms with Crippen LogP contribution in [0.3, 0.4) is 0 Å². The first-order valence-corrected chi connectivity index (χ1v) is 6.64. The van der Waals surface area contributed by atoms with Gasteiger partial charge in [0.05, 0.1) is 12.1 Å². The van der Waals surface area contributed by atoms with Crippen LogP contribution < -0.4 is 10.5 Å². The van der Waals surface area contributed by atoms with Crippen molar-refractivity contribution in [1.82, 2.24) is 0 Å². The van der Waals surface area contributed by atoms with E-state index in [2.05, 4.69) is 13.0 Å². The maximum Gasteiger partial charge on any atom is 0.142 e. The van der Waals surface area contributed by atoms with E-state index in [4.69, 9.17) is 22.1 Å². The topological polar surface area (TPSA) is 35.2 Å². The van der Waals surface area contributed by atoms with Gasteiger partial charge in [-0.15, -0.1) is 0 Å². The summed E-state index contributed by atoms with van der Waals surface area (Å²) >= 11 is 6.27. The van der Waals surface area contributed by atoms with E-state index >= 15 is 0 Å². The molecule has 0 aromatic heterocycles. The van der Waals surface area contributed by atoms with Crippen LogP contribution in [0.15, 0.2) is 12.1 Å². The first kappa shape index (κ1) is 12.7. The summed E-state index contributed by atoms with van der Waals surface area (Å²) in [5.41, 5.74) is 8.57. The highest BCUT2D eigenvalue weighted by molar-refractivity contribution is 6.32. The third kappa shape index (κ3) is 2.29. The second-order valence-electron chi connectivity index (χ2n) is 4.88. The van der Waals surface area contributed by atoms with E-state index in [9.17, 15) is 0 Å². The monoisotopic (exact) mass is 253 g/mol. The molecule has 17 heavy (non-hydrogen) atoms. The maximum atomic E-state index is 6.51. The van der Waals surface area contributed by atoms with Gasteiger partial charge in [-0.2, -0.15) is 0 Å². The Hall–Kier alpha value is -0.730. The lowest BCUT2D eigenvalue weighted by molar-refractivity contribution is 0.379. The SMILES string of the molecule is CCc1cc(Cl)c(OC)c(C2(N)CCCC2)c1. The fourth-order valence-corrected chi connectivity index (χ4v) is 3.03. The third-order valence-electron chi connectivity index (χ3n) is 3.75. The molecule has 0 amide bonds. The van der Waals surface area contributed by atoms with Gasteiger partial charge in [0, 0.05) is 11.1 Å². The standard InChI is InChI=1S/C14H20ClNO/c1-3-10-8-11(13(17-2)12(15)9-10)14(16)6-4-5-7-14/h8-9H,3-7,16H2,1-2H3. The average molecular weight is 254 g/mol. The van der Waals surface area contributed by atoms with E-state index in [1.165, 1.54) is 18.4 Å². The maximum absolute atomic E-state index is 6.51. The van der Waals surface area contributed by atoms with Crippen molar-refractivity contribution in [3.8, 4) is 5.75 Å². The number of hydrogen-bond donors (Lipinski definition) is 1. The minimum absolute atomic E-state index is 0.250. The van der Waals surface area contributed by atoms with Crippen molar-refractivity contribution in [2.45, 2.75) is 44.6 Å². The Morgan fingerprint density at radius 1 is 1.35 bits per heavy atom. The number of aryl methyl sites for hydroxylation is 1. The van der Waals surface area contributed by atoms with Crippen molar-refractivity contribution in [3.05, 3.63) is 28.3 Å². The normalized spacial score (nSPS) is 18.4. The molecule has 1 aromatic carbocycles. The summed E-state index contributed by atoms with van der Waals surface area (Å²) in [4.78, 5) is 0. The smallest absolute Gasteiger partial charge is 0.142 e. The Labute approximate surface area is 108 Å². The van der Waals surface area contributed by atoms with Crippen molar-refractivity contribution < 1.29 is 4.74 Å². The van der Waals surface area contributed by atoms with E-state index in [0.29, 0.717) is 5.02 Å². The highest BCUT2D eigenvalue weighted by Crippen LogP contribution is 2.43. The van der Waals surface area contributed by atoms with Crippen LogP contribution in [-0.2, 0) is 12.0 Å². The highest BCUT2D eigenvalue weighted by Gasteiger charge is 2.34. The zero-order valence-corrected chi connectivity index (χ0v) is 11.3. The molecular formula is C14H20ClNO. The summed E-state index contributed by atoms with van der Waals surface area (Å²) in [6.45, 7) is 2.12. The molecule has 1 saturated carbocycles. The first-order valence-electron chi connectivity index (χ1n) is 6.26. The Balaban J connectivity index is 2.53. The minimum Gasteiger partial charge on any atom is -0.495 e. The Kier molecular flexibility index (Phi) is 3.64. The van der Waals surface area contributed by atoms with Gasteiger partial charge in [0.1, 0.15) is 5.75 Å². The predicted molar refractivity (Wildman–Crippen MR) is 71.7 cm³/mol. The van der Waals surface area contributed by atoms with Gasteiger partial charge in [-0.3, -0.25) is 0 Å². The number of hydrogen-bond acceptors (Lipinski definition) is 2. The summed E-state index contributed by atoms with van der Waals surface area (Å²) in [6, 6.07) is 4.14. The second-order valence-corrected chi connectivity index (χ2v) is 5.28. The minimum atomic E-state index is -0.250. The van der Waals surface area contributed by atoms with Crippen LogP contribution in [0, 0.1) is 0 Å². The molecule has 1 fully saturated rings. The van der Waals surface area contributed by atoms with E-state index in [1.54, 1.807) is 7.11 Å². The second kappa shape index (κ2) is 4.87. The number of ether oxygens (including phenoxy) is 1. The molecule has 0 atom stereocenters. The number of benzene rings is 1. The Morgan fingerprint density at radius 3 is 2.53 bits per heavy atom. The van der Waals surface area contributed by atoms with Crippen molar-refractivity contribution in [1.29, 1.82) is 0 Å². The fourth-order valence-electron chi connectivity index (χ4n) is 2.71. The largest absolute Gasteiger partial charge is 0.495 e. The van der Waals surface area contributed by atoms with Gasteiger partial charge < -0.3 is 10.5 Å². The molecule has 1 aliphatic rings. The van der Waals surface area contributed by atoms with Crippen LogP contribution in [0.4, 0.5) is 0 Å². The van der Waals surface area contributed by atoms with Crippen molar-refractivity contribution in [2.24, 2.45) is 5.73 Å². The van der Waals surface area contributed by atoms with Crippen LogP contribution in [0.25, 0.3) is 0 Å². The molecule has 1 aliphatic carbocycles. The number of halogens is 1. The molecule has 2 N–H and O–H groups in total. The molecule has 1 aromatic rings. The molecule has 2 nitrogen and oxygen atoms in total. The molecule has 94 valence electrons. The predicted octanol–water partition coefficient (Wildman–Crippen LogP) is 3.64.